The maximum Gasteiger partial charge on any atom is 0.366 e. The van der Waals surface area contributed by atoms with Gasteiger partial charge in [-0.25, -0.2) is 9.18 Å². The zero-order valence-electron chi connectivity index (χ0n) is 4.71. The van der Waals surface area contributed by atoms with Gasteiger partial charge in [-0.2, -0.15) is 0 Å². The van der Waals surface area contributed by atoms with Gasteiger partial charge in [0.15, 0.2) is 0 Å². The Bertz CT molecular complexity index is 113. The van der Waals surface area contributed by atoms with Gasteiger partial charge in [-0.3, -0.25) is 0 Å². The summed E-state index contributed by atoms with van der Waals surface area (Å²) in [5.74, 6) is -1.61. The zero-order valence-corrected chi connectivity index (χ0v) is 4.71. The predicted molar refractivity (Wildman–Crippen MR) is 28.7 cm³/mol. The van der Waals surface area contributed by atoms with Crippen LogP contribution in [0.15, 0.2) is 12.7 Å². The molecular weight excluding hydrogens is 127 g/mol. The first-order chi connectivity index (χ1) is 4.18. The quantitative estimate of drug-likeness (QED) is 0.571. The van der Waals surface area contributed by atoms with Crippen molar-refractivity contribution >= 4 is 5.97 Å². The van der Waals surface area contributed by atoms with Gasteiger partial charge >= 0.3 is 5.97 Å². The molecule has 0 saturated carbocycles. The van der Waals surface area contributed by atoms with Crippen molar-refractivity contribution < 1.29 is 19.0 Å². The first-order valence-electron chi connectivity index (χ1n) is 2.28. The van der Waals surface area contributed by atoms with E-state index in [0.717, 1.165) is 0 Å². The molecule has 0 spiro atoms. The SMILES string of the molecule is C=CCOC(F)C(=O)O. The molecule has 0 aromatic rings. The van der Waals surface area contributed by atoms with E-state index in [1.807, 2.05) is 0 Å². The number of halogens is 1. The Labute approximate surface area is 51.7 Å². The van der Waals surface area contributed by atoms with Crippen molar-refractivity contribution in [2.24, 2.45) is 0 Å². The van der Waals surface area contributed by atoms with Crippen molar-refractivity contribution in [2.45, 2.75) is 6.36 Å². The molecule has 0 aliphatic rings. The summed E-state index contributed by atoms with van der Waals surface area (Å²) in [6.45, 7) is 3.12. The summed E-state index contributed by atoms with van der Waals surface area (Å²) in [6, 6.07) is 0. The van der Waals surface area contributed by atoms with Crippen molar-refractivity contribution in [3.63, 3.8) is 0 Å². The number of aliphatic carboxylic acids is 1. The van der Waals surface area contributed by atoms with Crippen LogP contribution in [0.2, 0.25) is 0 Å². The molecule has 0 radical (unpaired) electrons. The molecule has 0 saturated heterocycles. The fourth-order valence-electron chi connectivity index (χ4n) is 0.224. The maximum absolute atomic E-state index is 11.8. The smallest absolute Gasteiger partial charge is 0.366 e. The van der Waals surface area contributed by atoms with Gasteiger partial charge in [-0.15, -0.1) is 6.58 Å². The van der Waals surface area contributed by atoms with E-state index in [2.05, 4.69) is 11.3 Å². The molecule has 0 aromatic heterocycles. The van der Waals surface area contributed by atoms with Crippen molar-refractivity contribution in [2.75, 3.05) is 6.61 Å². The van der Waals surface area contributed by atoms with Crippen LogP contribution in [-0.4, -0.2) is 24.0 Å². The first-order valence-corrected chi connectivity index (χ1v) is 2.28. The van der Waals surface area contributed by atoms with Crippen LogP contribution in [0.1, 0.15) is 0 Å². The second-order valence-corrected chi connectivity index (χ2v) is 1.28. The van der Waals surface area contributed by atoms with Crippen LogP contribution in [0.4, 0.5) is 4.39 Å². The van der Waals surface area contributed by atoms with Gasteiger partial charge in [0.2, 0.25) is 0 Å². The molecule has 0 rings (SSSR count). The van der Waals surface area contributed by atoms with Crippen molar-refractivity contribution in [1.29, 1.82) is 0 Å². The van der Waals surface area contributed by atoms with Gasteiger partial charge in [-0.05, 0) is 0 Å². The van der Waals surface area contributed by atoms with E-state index in [-0.39, 0.29) is 6.61 Å². The van der Waals surface area contributed by atoms with Crippen molar-refractivity contribution in [3.8, 4) is 0 Å². The molecule has 0 fully saturated rings. The second-order valence-electron chi connectivity index (χ2n) is 1.28. The molecule has 3 nitrogen and oxygen atoms in total. The van der Waals surface area contributed by atoms with E-state index in [9.17, 15) is 9.18 Å². The Morgan fingerprint density at radius 3 is 2.89 bits per heavy atom. The molecule has 0 aliphatic carbocycles. The summed E-state index contributed by atoms with van der Waals surface area (Å²) in [5, 5.41) is 7.87. The molecule has 1 atom stereocenters. The fraction of sp³-hybridized carbons (Fsp3) is 0.400. The first kappa shape index (κ1) is 8.10. The third kappa shape index (κ3) is 3.66. The zero-order chi connectivity index (χ0) is 7.28. The van der Waals surface area contributed by atoms with E-state index >= 15 is 0 Å². The van der Waals surface area contributed by atoms with Crippen LogP contribution < -0.4 is 0 Å². The van der Waals surface area contributed by atoms with Crippen LogP contribution in [0.3, 0.4) is 0 Å². The molecule has 0 heterocycles. The number of carboxylic acids is 1. The van der Waals surface area contributed by atoms with Gasteiger partial charge in [0, 0.05) is 0 Å². The van der Waals surface area contributed by atoms with E-state index in [1.165, 1.54) is 6.08 Å². The Hall–Kier alpha value is -0.900. The number of carbonyl (C=O) groups is 1. The lowest BCUT2D eigenvalue weighted by Gasteiger charge is -1.99. The molecule has 0 amide bonds. The molecule has 4 heteroatoms. The summed E-state index contributed by atoms with van der Waals surface area (Å²) in [5.41, 5.74) is 0. The van der Waals surface area contributed by atoms with Crippen molar-refractivity contribution in [3.05, 3.63) is 12.7 Å². The van der Waals surface area contributed by atoms with E-state index in [0.29, 0.717) is 0 Å². The Balaban J connectivity index is 3.37. The standard InChI is InChI=1S/C5H7FO3/c1-2-3-9-4(6)5(7)8/h2,4H,1,3H2,(H,7,8). The summed E-state index contributed by atoms with van der Waals surface area (Å²) in [7, 11) is 0. The summed E-state index contributed by atoms with van der Waals surface area (Å²) >= 11 is 0. The third-order valence-electron chi connectivity index (χ3n) is 0.555. The third-order valence-corrected chi connectivity index (χ3v) is 0.555. The van der Waals surface area contributed by atoms with E-state index in [4.69, 9.17) is 5.11 Å². The normalized spacial score (nSPS) is 12.6. The highest BCUT2D eigenvalue weighted by molar-refractivity contribution is 5.70. The molecule has 52 valence electrons. The molecular formula is C5H7FO3. The van der Waals surface area contributed by atoms with Crippen LogP contribution in [-0.2, 0) is 9.53 Å². The van der Waals surface area contributed by atoms with Crippen LogP contribution in [0.5, 0.6) is 0 Å². The van der Waals surface area contributed by atoms with Gasteiger partial charge < -0.3 is 9.84 Å². The van der Waals surface area contributed by atoms with Gasteiger partial charge in [0.05, 0.1) is 6.61 Å². The Morgan fingerprint density at radius 2 is 2.56 bits per heavy atom. The van der Waals surface area contributed by atoms with Crippen molar-refractivity contribution in [1.82, 2.24) is 0 Å². The number of carboxylic acid groups (broad SMARTS) is 1. The monoisotopic (exact) mass is 134 g/mol. The maximum atomic E-state index is 11.8. The van der Waals surface area contributed by atoms with Crippen LogP contribution in [0.25, 0.3) is 0 Å². The molecule has 9 heavy (non-hydrogen) atoms. The highest BCUT2D eigenvalue weighted by Crippen LogP contribution is 1.92. The van der Waals surface area contributed by atoms with Gasteiger partial charge in [0.25, 0.3) is 6.36 Å². The molecule has 1 unspecified atom stereocenters. The molecule has 0 aromatic carbocycles. The molecule has 0 bridgehead atoms. The summed E-state index contributed by atoms with van der Waals surface area (Å²) < 4.78 is 15.9. The van der Waals surface area contributed by atoms with E-state index < -0.39 is 12.3 Å². The second kappa shape index (κ2) is 4.03. The van der Waals surface area contributed by atoms with Crippen LogP contribution in [0, 0.1) is 0 Å². The predicted octanol–water partition coefficient (Wildman–Crippen LogP) is 0.569. The largest absolute Gasteiger partial charge is 0.477 e. The average molecular weight is 134 g/mol. The lowest BCUT2D eigenvalue weighted by atomic mass is 10.6. The summed E-state index contributed by atoms with van der Waals surface area (Å²) in [6.07, 6.45) is -0.960. The number of hydrogen-bond acceptors (Lipinski definition) is 2. The molecule has 0 aliphatic heterocycles. The van der Waals surface area contributed by atoms with Gasteiger partial charge in [-0.1, -0.05) is 6.08 Å². The topological polar surface area (TPSA) is 46.5 Å². The van der Waals surface area contributed by atoms with Crippen LogP contribution >= 0.6 is 0 Å². The van der Waals surface area contributed by atoms with Gasteiger partial charge in [0.1, 0.15) is 0 Å². The minimum absolute atomic E-state index is 0.0898. The number of rotatable bonds is 4. The lowest BCUT2D eigenvalue weighted by molar-refractivity contribution is -0.161. The summed E-state index contributed by atoms with van der Waals surface area (Å²) in [4.78, 5) is 9.67. The average Bonchev–Trinajstić information content (AvgIpc) is 1.82. The number of alkyl halides is 1. The minimum Gasteiger partial charge on any atom is -0.477 e. The van der Waals surface area contributed by atoms with E-state index in [1.54, 1.807) is 0 Å². The Kier molecular flexibility index (Phi) is 3.62. The highest BCUT2D eigenvalue weighted by atomic mass is 19.1. The lowest BCUT2D eigenvalue weighted by Crippen LogP contribution is -2.18. The highest BCUT2D eigenvalue weighted by Gasteiger charge is 2.13. The number of hydrogen-bond donors (Lipinski definition) is 1. The number of ether oxygens (including phenoxy) is 1. The minimum atomic E-state index is -2.23. The Morgan fingerprint density at radius 1 is 2.00 bits per heavy atom. The fourth-order valence-corrected chi connectivity index (χ4v) is 0.224. The molecule has 1 N–H and O–H groups in total.